The van der Waals surface area contributed by atoms with Crippen molar-refractivity contribution in [2.75, 3.05) is 94.1 Å². The molecule has 0 saturated carbocycles. The highest BCUT2D eigenvalue weighted by molar-refractivity contribution is 5.64. The highest BCUT2D eigenvalue weighted by Gasteiger charge is 2.31. The number of nitrogens with one attached hydrogen (secondary N) is 4. The van der Waals surface area contributed by atoms with Crippen LogP contribution in [0.3, 0.4) is 0 Å². The maximum atomic E-state index is 10.3. The number of nitrogens with zero attached hydrogens (tertiary/aromatic N) is 2. The summed E-state index contributed by atoms with van der Waals surface area (Å²) >= 11 is 0. The largest absolute Gasteiger partial charge is 0.550 e. The number of carboxylic acid groups (broad SMARTS) is 1. The van der Waals surface area contributed by atoms with E-state index >= 15 is 0 Å². The average molecular weight is 920 g/mol. The van der Waals surface area contributed by atoms with E-state index in [0.717, 1.165) is 6.54 Å². The van der Waals surface area contributed by atoms with Gasteiger partial charge in [0.2, 0.25) is 0 Å². The molecule has 16 heteroatoms. The van der Waals surface area contributed by atoms with Crippen LogP contribution in [0.1, 0.15) is 159 Å². The van der Waals surface area contributed by atoms with Crippen molar-refractivity contribution >= 4 is 5.97 Å². The second kappa shape index (κ2) is 36.0. The number of carbonyl (C=O) groups excluding carboxylic acids is 1. The van der Waals surface area contributed by atoms with E-state index in [-0.39, 0.29) is 79.0 Å². The van der Waals surface area contributed by atoms with E-state index in [0.29, 0.717) is 36.3 Å². The van der Waals surface area contributed by atoms with Crippen molar-refractivity contribution in [3.63, 3.8) is 0 Å². The molecule has 0 radical (unpaired) electrons. The monoisotopic (exact) mass is 920 g/mol. The number of carbonyl (C=O) groups is 1. The van der Waals surface area contributed by atoms with E-state index in [4.69, 9.17) is 41.1 Å². The van der Waals surface area contributed by atoms with Gasteiger partial charge in [-0.15, -0.1) is 0 Å². The molecule has 0 fully saturated rings. The van der Waals surface area contributed by atoms with Crippen LogP contribution >= 0.6 is 0 Å². The zero-order valence-corrected chi connectivity index (χ0v) is 46.2. The Morgan fingerprint density at radius 1 is 0.667 bits per heavy atom. The van der Waals surface area contributed by atoms with Crippen molar-refractivity contribution in [1.29, 1.82) is 0 Å². The van der Waals surface area contributed by atoms with Crippen molar-refractivity contribution in [2.24, 2.45) is 5.73 Å². The topological polar surface area (TPSA) is 248 Å². The number of aliphatic hydroxyl groups is 6. The number of hydrogen-bond acceptors (Lipinski definition) is 15. The number of nitrogens with two attached hydrogens (primary N) is 1. The van der Waals surface area contributed by atoms with Crippen molar-refractivity contribution in [3.05, 3.63) is 0 Å². The fourth-order valence-electron chi connectivity index (χ4n) is 3.29. The maximum absolute atomic E-state index is 10.3. The van der Waals surface area contributed by atoms with Crippen LogP contribution in [0.25, 0.3) is 0 Å². The molecular weight excluding hydrogens is 807 g/mol. The van der Waals surface area contributed by atoms with Gasteiger partial charge in [0.15, 0.2) is 0 Å². The summed E-state index contributed by atoms with van der Waals surface area (Å²) in [5, 5.41) is 74.8. The van der Waals surface area contributed by atoms with Gasteiger partial charge in [-0.25, -0.2) is 0 Å². The van der Waals surface area contributed by atoms with E-state index in [1.165, 1.54) is 0 Å². The third-order valence-electron chi connectivity index (χ3n) is 7.35. The van der Waals surface area contributed by atoms with Crippen LogP contribution in [0.4, 0.5) is 0 Å². The van der Waals surface area contributed by atoms with Crippen molar-refractivity contribution in [1.82, 2.24) is 26.2 Å². The highest BCUT2D eigenvalue weighted by atomic mass is 16.5. The summed E-state index contributed by atoms with van der Waals surface area (Å²) in [5.41, 5.74) is 4.66. The zero-order chi connectivity index (χ0) is 52.5. The molecule has 0 aliphatic carbocycles. The van der Waals surface area contributed by atoms with E-state index in [1.807, 2.05) is 97.2 Å². The minimum Gasteiger partial charge on any atom is -0.550 e. The van der Waals surface area contributed by atoms with Crippen LogP contribution in [-0.4, -0.2) is 191 Å². The van der Waals surface area contributed by atoms with Gasteiger partial charge < -0.3 is 76.3 Å². The molecule has 0 bridgehead atoms. The number of hydrogen-bond donors (Lipinski definition) is 11. The predicted molar refractivity (Wildman–Crippen MR) is 266 cm³/mol. The van der Waals surface area contributed by atoms with Gasteiger partial charge in [0.1, 0.15) is 6.54 Å². The highest BCUT2D eigenvalue weighted by Crippen LogP contribution is 2.10. The molecule has 0 heterocycles. The van der Waals surface area contributed by atoms with Crippen molar-refractivity contribution < 1.29 is 49.8 Å². The molecule has 0 amide bonds. The molecule has 63 heavy (non-hydrogen) atoms. The number of ether oxygens (including phenoxy) is 1. The zero-order valence-electron chi connectivity index (χ0n) is 46.2. The minimum atomic E-state index is -0.988. The SMILES string of the molecule is CC(C)(C)N.CC(C)(C)NC(CO)(CO)CO.CC(C)(C)NCCO.CC(C)(C)NCO.CC(C)(C)OCC[N+](C)(C)CCC(=O)[O-].CC(O)CNC(C)(C)C.CN(C)C(C)(C)C. The molecular formula is C47H113N7O9. The van der Waals surface area contributed by atoms with Crippen LogP contribution in [0.2, 0.25) is 0 Å². The second-order valence-electron chi connectivity index (χ2n) is 24.0. The number of β-amino-alcohol motifs (C(OH)–C–C–N with tert-alkyl or cyclic N) is 2. The molecule has 0 aromatic carbocycles. The molecule has 390 valence electrons. The third kappa shape index (κ3) is 88.4. The summed E-state index contributed by atoms with van der Waals surface area (Å²) < 4.78 is 6.24. The van der Waals surface area contributed by atoms with Gasteiger partial charge in [0, 0.05) is 58.7 Å². The normalized spacial score (nSPS) is 13.1. The van der Waals surface area contributed by atoms with E-state index in [1.54, 1.807) is 6.92 Å². The van der Waals surface area contributed by atoms with Gasteiger partial charge in [0.25, 0.3) is 0 Å². The Morgan fingerprint density at radius 2 is 1.02 bits per heavy atom. The van der Waals surface area contributed by atoms with Crippen LogP contribution in [0, 0.1) is 0 Å². The molecule has 0 aromatic rings. The van der Waals surface area contributed by atoms with Crippen LogP contribution in [0.5, 0.6) is 0 Å². The van der Waals surface area contributed by atoms with Crippen molar-refractivity contribution in [2.45, 2.75) is 209 Å². The first kappa shape index (κ1) is 76.2. The molecule has 0 aromatic heterocycles. The van der Waals surface area contributed by atoms with Crippen LogP contribution in [-0.2, 0) is 9.53 Å². The quantitative estimate of drug-likeness (QED) is 0.0836. The van der Waals surface area contributed by atoms with Crippen molar-refractivity contribution in [3.8, 4) is 0 Å². The molecule has 16 nitrogen and oxygen atoms in total. The minimum absolute atomic E-state index is 0. The lowest BCUT2D eigenvalue weighted by Crippen LogP contribution is -2.61. The molecule has 0 aliphatic rings. The molecule has 12 N–H and O–H groups in total. The van der Waals surface area contributed by atoms with Gasteiger partial charge in [-0.2, -0.15) is 0 Å². The maximum Gasteiger partial charge on any atom is 0.102 e. The summed E-state index contributed by atoms with van der Waals surface area (Å²) in [6.45, 7) is 47.3. The summed E-state index contributed by atoms with van der Waals surface area (Å²) in [7, 11) is 8.16. The van der Waals surface area contributed by atoms with E-state index < -0.39 is 11.5 Å². The van der Waals surface area contributed by atoms with Crippen LogP contribution in [0.15, 0.2) is 0 Å². The Bertz CT molecular complexity index is 1010. The molecule has 0 rings (SSSR count). The molecule has 0 saturated heterocycles. The summed E-state index contributed by atoms with van der Waals surface area (Å²) in [4.78, 5) is 12.5. The number of aliphatic carboxylic acids is 1. The lowest BCUT2D eigenvalue weighted by atomic mass is 9.97. The Hall–Kier alpha value is -1.09. The molecule has 0 aliphatic heterocycles. The first-order chi connectivity index (χ1) is 27.5. The van der Waals surface area contributed by atoms with Gasteiger partial charge in [0.05, 0.1) is 77.6 Å². The number of aliphatic hydroxyl groups excluding tert-OH is 6. The second-order valence-corrected chi connectivity index (χ2v) is 24.0. The van der Waals surface area contributed by atoms with Gasteiger partial charge in [-0.1, -0.05) is 0 Å². The lowest BCUT2D eigenvalue weighted by molar-refractivity contribution is -0.890. The number of quaternary nitrogens is 1. The van der Waals surface area contributed by atoms with E-state index in [2.05, 4.69) is 103 Å². The van der Waals surface area contributed by atoms with Gasteiger partial charge in [-0.05, 0) is 166 Å². The van der Waals surface area contributed by atoms with Crippen LogP contribution < -0.4 is 32.1 Å². The Balaban J connectivity index is -0.000000119. The van der Waals surface area contributed by atoms with Gasteiger partial charge >= 0.3 is 0 Å². The molecule has 0 spiro atoms. The molecule has 1 atom stereocenters. The number of carboxylic acids is 1. The Labute approximate surface area is 390 Å². The standard InChI is InChI=1S/C11H23NO3.C8H19NO3.C7H17NO.C6H15NO.C6H15N.C5H13NO.C4H11N/c1-11(2,3)15-9-8-12(4,5)7-6-10(13)14;1-7(2,3)9-8(4-10,5-11)6-12;1-6(9)5-8-7(2,3)4;1-6(2,3)7-4-5-8;1-6(2,3)7(4)5;1-5(2,3)6-4-7;1-4(2,3)5/h6-9H2,1-5H3;9-12H,4-6H2,1-3H3;6,8-9H,5H2,1-4H3;7-8H,4-5H2,1-3H3;1-5H3;6-7H,4H2,1-3H3;5H2,1-3H3. The van der Waals surface area contributed by atoms with E-state index in [9.17, 15) is 9.90 Å². The third-order valence-corrected chi connectivity index (χ3v) is 7.35. The number of likely N-dealkylation sites (N-methyl/N-ethyl adjacent to an activating group) is 1. The Morgan fingerprint density at radius 3 is 1.16 bits per heavy atom. The Kier molecular flexibility index (Phi) is 43.6. The van der Waals surface area contributed by atoms with Gasteiger partial charge in [-0.3, -0.25) is 5.32 Å². The lowest BCUT2D eigenvalue weighted by Gasteiger charge is -2.36. The predicted octanol–water partition coefficient (Wildman–Crippen LogP) is 2.64. The first-order valence-electron chi connectivity index (χ1n) is 22.4. The first-order valence-corrected chi connectivity index (χ1v) is 22.4. The summed E-state index contributed by atoms with van der Waals surface area (Å²) in [5.74, 6) is -0.988. The number of rotatable bonds is 15. The summed E-state index contributed by atoms with van der Waals surface area (Å²) in [6, 6.07) is 0. The average Bonchev–Trinajstić information content (AvgIpc) is 3.02. The fraction of sp³-hybridized carbons (Fsp3) is 0.979. The molecule has 1 unspecified atom stereocenters. The smallest absolute Gasteiger partial charge is 0.102 e. The fourth-order valence-corrected chi connectivity index (χ4v) is 3.29. The summed E-state index contributed by atoms with van der Waals surface area (Å²) in [6.07, 6.45) is -0.146.